The number of ether oxygens (including phenoxy) is 1. The number of pyridine rings is 1. The molecule has 4 heterocycles. The Kier molecular flexibility index (Phi) is 10.7. The molecule has 1 atom stereocenters. The number of aromatic nitrogens is 3. The van der Waals surface area contributed by atoms with E-state index in [-0.39, 0.29) is 0 Å². The van der Waals surface area contributed by atoms with Crippen LogP contribution in [0.1, 0.15) is 17.9 Å². The molecule has 0 aromatic carbocycles. The summed E-state index contributed by atoms with van der Waals surface area (Å²) in [5, 5.41) is 17.6. The van der Waals surface area contributed by atoms with Gasteiger partial charge >= 0.3 is 24.3 Å². The van der Waals surface area contributed by atoms with Crippen molar-refractivity contribution in [1.82, 2.24) is 19.4 Å². The topological polar surface area (TPSA) is 130 Å². The first kappa shape index (κ1) is 29.8. The number of nitrogens with zero attached hydrogens (tertiary/aromatic N) is 4. The molecular formula is C21H25F6N5O5. The fraction of sp³-hybridized carbons (Fsp3) is 0.524. The molecule has 4 rings (SSSR count). The van der Waals surface area contributed by atoms with Gasteiger partial charge in [-0.15, -0.1) is 0 Å². The van der Waals surface area contributed by atoms with Crippen molar-refractivity contribution < 1.29 is 50.9 Å². The van der Waals surface area contributed by atoms with Gasteiger partial charge in [-0.1, -0.05) is 6.07 Å². The fourth-order valence-corrected chi connectivity index (χ4v) is 3.34. The van der Waals surface area contributed by atoms with Crippen LogP contribution < -0.4 is 5.32 Å². The minimum absolute atomic E-state index is 0.696. The number of carbonyl (C=O) groups is 2. The second kappa shape index (κ2) is 13.2. The first-order valence-electron chi connectivity index (χ1n) is 10.9. The van der Waals surface area contributed by atoms with Crippen LogP contribution in [0.15, 0.2) is 30.6 Å². The van der Waals surface area contributed by atoms with Gasteiger partial charge < -0.3 is 24.8 Å². The van der Waals surface area contributed by atoms with E-state index in [0.29, 0.717) is 12.5 Å². The molecule has 16 heteroatoms. The van der Waals surface area contributed by atoms with Gasteiger partial charge in [0.15, 0.2) is 0 Å². The number of carboxylic acids is 2. The van der Waals surface area contributed by atoms with Crippen molar-refractivity contribution in [3.8, 4) is 0 Å². The molecule has 2 aromatic rings. The molecule has 0 radical (unpaired) electrons. The van der Waals surface area contributed by atoms with Gasteiger partial charge in [0.05, 0.1) is 25.4 Å². The van der Waals surface area contributed by atoms with Crippen LogP contribution in [-0.4, -0.2) is 80.2 Å². The Morgan fingerprint density at radius 3 is 2.24 bits per heavy atom. The molecule has 0 amide bonds. The third kappa shape index (κ3) is 10.6. The number of anilines is 1. The molecular weight excluding hydrogens is 516 g/mol. The van der Waals surface area contributed by atoms with Crippen LogP contribution >= 0.6 is 0 Å². The number of hydrogen-bond donors (Lipinski definition) is 3. The van der Waals surface area contributed by atoms with E-state index in [1.165, 1.54) is 12.2 Å². The van der Waals surface area contributed by atoms with Crippen LogP contribution in [0.4, 0.5) is 32.2 Å². The molecule has 1 unspecified atom stereocenters. The largest absolute Gasteiger partial charge is 0.490 e. The van der Waals surface area contributed by atoms with Gasteiger partial charge in [-0.2, -0.15) is 26.3 Å². The maximum atomic E-state index is 10.6. The van der Waals surface area contributed by atoms with Crippen LogP contribution in [0.3, 0.4) is 0 Å². The average Bonchev–Trinajstić information content (AvgIpc) is 3.47. The van der Waals surface area contributed by atoms with Crippen LogP contribution in [0, 0.1) is 5.92 Å². The quantitative estimate of drug-likeness (QED) is 0.489. The number of alkyl halides is 6. The molecule has 0 aliphatic carbocycles. The highest BCUT2D eigenvalue weighted by Gasteiger charge is 2.38. The predicted molar refractivity (Wildman–Crippen MR) is 115 cm³/mol. The Bertz CT molecular complexity index is 985. The summed E-state index contributed by atoms with van der Waals surface area (Å²) < 4.78 is 71.2. The fourth-order valence-electron chi connectivity index (χ4n) is 3.34. The molecule has 1 saturated heterocycles. The zero-order valence-corrected chi connectivity index (χ0v) is 19.3. The molecule has 37 heavy (non-hydrogen) atoms. The summed E-state index contributed by atoms with van der Waals surface area (Å²) in [5.41, 5.74) is 1.08. The number of rotatable bonds is 5. The number of aliphatic carboxylic acids is 2. The molecule has 0 saturated carbocycles. The van der Waals surface area contributed by atoms with Crippen molar-refractivity contribution in [2.24, 2.45) is 5.92 Å². The van der Waals surface area contributed by atoms with Crippen molar-refractivity contribution in [3.05, 3.63) is 42.1 Å². The summed E-state index contributed by atoms with van der Waals surface area (Å²) in [6.07, 6.45) is -5.00. The molecule has 2 aliphatic rings. The van der Waals surface area contributed by atoms with E-state index >= 15 is 0 Å². The summed E-state index contributed by atoms with van der Waals surface area (Å²) in [5.74, 6) is -2.75. The Hall–Kier alpha value is -3.40. The Morgan fingerprint density at radius 2 is 1.73 bits per heavy atom. The van der Waals surface area contributed by atoms with E-state index in [1.807, 2.05) is 18.2 Å². The highest BCUT2D eigenvalue weighted by atomic mass is 19.4. The minimum Gasteiger partial charge on any atom is -0.475 e. The van der Waals surface area contributed by atoms with Crippen LogP contribution in [0.25, 0.3) is 0 Å². The second-order valence-electron chi connectivity index (χ2n) is 7.98. The third-order valence-electron chi connectivity index (χ3n) is 5.07. The number of fused-ring (bicyclic) bond motifs is 1. The van der Waals surface area contributed by atoms with E-state index in [9.17, 15) is 26.3 Å². The van der Waals surface area contributed by atoms with Crippen molar-refractivity contribution in [2.45, 2.75) is 38.4 Å². The van der Waals surface area contributed by atoms with Gasteiger partial charge in [0.2, 0.25) is 0 Å². The Morgan fingerprint density at radius 1 is 1.08 bits per heavy atom. The first-order chi connectivity index (χ1) is 17.3. The molecule has 2 aromatic heterocycles. The third-order valence-corrected chi connectivity index (χ3v) is 5.07. The van der Waals surface area contributed by atoms with Gasteiger partial charge in [0.25, 0.3) is 0 Å². The van der Waals surface area contributed by atoms with Gasteiger partial charge in [0.1, 0.15) is 11.6 Å². The normalized spacial score (nSPS) is 17.5. The smallest absolute Gasteiger partial charge is 0.475 e. The van der Waals surface area contributed by atoms with E-state index in [1.54, 1.807) is 6.20 Å². The van der Waals surface area contributed by atoms with Gasteiger partial charge in [-0.25, -0.2) is 19.6 Å². The van der Waals surface area contributed by atoms with E-state index in [2.05, 4.69) is 26.0 Å². The highest BCUT2D eigenvalue weighted by Crippen LogP contribution is 2.19. The summed E-state index contributed by atoms with van der Waals surface area (Å²) >= 11 is 0. The molecule has 3 N–H and O–H groups in total. The Balaban J connectivity index is 0.000000286. The van der Waals surface area contributed by atoms with Gasteiger partial charge in [0, 0.05) is 38.6 Å². The first-order valence-corrected chi connectivity index (χ1v) is 10.9. The Labute approximate surface area is 206 Å². The lowest BCUT2D eigenvalue weighted by Gasteiger charge is -2.29. The lowest BCUT2D eigenvalue weighted by molar-refractivity contribution is -0.193. The van der Waals surface area contributed by atoms with E-state index < -0.39 is 24.3 Å². The van der Waals surface area contributed by atoms with Crippen molar-refractivity contribution >= 4 is 17.8 Å². The van der Waals surface area contributed by atoms with Crippen molar-refractivity contribution in [1.29, 1.82) is 0 Å². The van der Waals surface area contributed by atoms with Gasteiger partial charge in [-0.3, -0.25) is 4.90 Å². The molecule has 0 spiro atoms. The highest BCUT2D eigenvalue weighted by molar-refractivity contribution is 5.73. The molecule has 206 valence electrons. The lowest BCUT2D eigenvalue weighted by atomic mass is 10.1. The maximum Gasteiger partial charge on any atom is 0.490 e. The molecule has 10 nitrogen and oxygen atoms in total. The number of hydrogen-bond acceptors (Lipinski definition) is 7. The van der Waals surface area contributed by atoms with Crippen LogP contribution in [-0.2, 0) is 34.0 Å². The van der Waals surface area contributed by atoms with Gasteiger partial charge in [-0.05, 0) is 24.5 Å². The lowest BCUT2D eigenvalue weighted by Crippen LogP contribution is -2.37. The van der Waals surface area contributed by atoms with E-state index in [4.69, 9.17) is 29.5 Å². The summed E-state index contributed by atoms with van der Waals surface area (Å²) in [4.78, 5) is 29.4. The van der Waals surface area contributed by atoms with Crippen molar-refractivity contribution in [2.75, 3.05) is 31.6 Å². The van der Waals surface area contributed by atoms with Crippen molar-refractivity contribution in [3.63, 3.8) is 0 Å². The number of imidazole rings is 1. The van der Waals surface area contributed by atoms with Crippen LogP contribution in [0.5, 0.6) is 0 Å². The number of nitrogens with one attached hydrogen (secondary N) is 1. The standard InChI is InChI=1S/C17H23N5O.2C2HF3O2/c1-2-5-18-16(3-1)19-9-15-11-22-7-6-21(12-17(22)20-15)10-14-4-8-23-13-14;2*3-2(4,5)1(6)7/h1-3,5,11,14H,4,6-10,12-13H2,(H,18,19);2*(H,6,7). The predicted octanol–water partition coefficient (Wildman–Crippen LogP) is 3.01. The minimum atomic E-state index is -5.08. The molecule has 2 aliphatic heterocycles. The molecule has 0 bridgehead atoms. The number of halogens is 6. The maximum absolute atomic E-state index is 10.6. The second-order valence-corrected chi connectivity index (χ2v) is 7.98. The zero-order valence-electron chi connectivity index (χ0n) is 19.3. The summed E-state index contributed by atoms with van der Waals surface area (Å²) in [7, 11) is 0. The number of carboxylic acid groups (broad SMARTS) is 2. The zero-order chi connectivity index (χ0) is 27.6. The van der Waals surface area contributed by atoms with Crippen LogP contribution in [0.2, 0.25) is 0 Å². The monoisotopic (exact) mass is 541 g/mol. The summed E-state index contributed by atoms with van der Waals surface area (Å²) in [6.45, 7) is 6.77. The SMILES string of the molecule is O=C(O)C(F)(F)F.O=C(O)C(F)(F)F.c1ccc(NCc2cn3c(n2)CN(CC2CCOC2)CC3)nc1. The average molecular weight is 541 g/mol. The summed E-state index contributed by atoms with van der Waals surface area (Å²) in [6, 6.07) is 5.88. The van der Waals surface area contributed by atoms with E-state index in [0.717, 1.165) is 50.9 Å². The molecule has 1 fully saturated rings.